The molecule has 1 aliphatic carbocycles. The van der Waals surface area contributed by atoms with Crippen LogP contribution in [0.3, 0.4) is 0 Å². The number of hydrogen-bond acceptors (Lipinski definition) is 9. The van der Waals surface area contributed by atoms with E-state index in [2.05, 4.69) is 16.9 Å². The number of hydrogen-bond donors (Lipinski definition) is 2. The van der Waals surface area contributed by atoms with Crippen molar-refractivity contribution < 1.29 is 48.3 Å². The van der Waals surface area contributed by atoms with Gasteiger partial charge >= 0.3 is 24.1 Å². The van der Waals surface area contributed by atoms with Crippen molar-refractivity contribution in [3.8, 4) is 16.9 Å². The van der Waals surface area contributed by atoms with Crippen molar-refractivity contribution in [3.05, 3.63) is 88.9 Å². The summed E-state index contributed by atoms with van der Waals surface area (Å²) in [4.78, 5) is 50.5. The molecule has 266 valence electrons. The number of aliphatic hydroxyl groups excluding tert-OH is 1. The third-order valence-electron chi connectivity index (χ3n) is 8.63. The zero-order valence-electron chi connectivity index (χ0n) is 28.3. The van der Waals surface area contributed by atoms with Gasteiger partial charge in [0.15, 0.2) is 0 Å². The number of ether oxygens (including phenoxy) is 4. The lowest BCUT2D eigenvalue weighted by Gasteiger charge is -2.27. The fourth-order valence-electron chi connectivity index (χ4n) is 6.41. The van der Waals surface area contributed by atoms with E-state index in [9.17, 15) is 29.4 Å². The van der Waals surface area contributed by atoms with Crippen molar-refractivity contribution in [2.45, 2.75) is 69.4 Å². The maximum absolute atomic E-state index is 13.0. The lowest BCUT2D eigenvalue weighted by molar-refractivity contribution is -0.145. The average Bonchev–Trinajstić information content (AvgIpc) is 3.78. The molecule has 0 bridgehead atoms. The summed E-state index contributed by atoms with van der Waals surface area (Å²) < 4.78 is 21.3. The molecule has 50 heavy (non-hydrogen) atoms. The number of aliphatic hydroxyl groups is 1. The van der Waals surface area contributed by atoms with E-state index in [1.165, 1.54) is 16.9 Å². The molecule has 13 heteroatoms. The fourth-order valence-corrected chi connectivity index (χ4v) is 6.59. The number of para-hydroxylation sites is 1. The van der Waals surface area contributed by atoms with Crippen LogP contribution in [0.5, 0.6) is 5.75 Å². The van der Waals surface area contributed by atoms with Gasteiger partial charge in [0.2, 0.25) is 0 Å². The Kier molecular flexibility index (Phi) is 11.2. The molecule has 2 fully saturated rings. The summed E-state index contributed by atoms with van der Waals surface area (Å²) in [6.07, 6.45) is -2.13. The van der Waals surface area contributed by atoms with Gasteiger partial charge in [0.05, 0.1) is 31.3 Å². The maximum Gasteiger partial charge on any atom is 0.411 e. The predicted octanol–water partition coefficient (Wildman–Crippen LogP) is 5.73. The number of likely N-dealkylation sites (tertiary alicyclic amines) is 2. The maximum atomic E-state index is 13.0. The van der Waals surface area contributed by atoms with E-state index in [1.54, 1.807) is 45.0 Å². The largest absolute Gasteiger partial charge is 0.487 e. The highest BCUT2D eigenvalue weighted by Crippen LogP contribution is 2.44. The minimum atomic E-state index is -1.09. The van der Waals surface area contributed by atoms with Gasteiger partial charge in [-0.3, -0.25) is 9.80 Å². The number of esters is 1. The number of β-amino-alcohol motifs (C(OH)–C–C–N with tert-alkyl or cyclic N) is 1. The van der Waals surface area contributed by atoms with E-state index in [4.69, 9.17) is 25.8 Å². The quantitative estimate of drug-likeness (QED) is 0.240. The van der Waals surface area contributed by atoms with Crippen LogP contribution in [0.15, 0.2) is 72.8 Å². The number of aliphatic carboxylic acids is 1. The number of nitrogens with zero attached hydrogens (tertiary/aromatic N) is 2. The number of carboxylic acids is 1. The smallest absolute Gasteiger partial charge is 0.411 e. The normalized spacial score (nSPS) is 21.0. The first-order valence-electron chi connectivity index (χ1n) is 16.3. The van der Waals surface area contributed by atoms with Crippen LogP contribution in [0, 0.1) is 0 Å². The van der Waals surface area contributed by atoms with Crippen LogP contribution in [0.1, 0.15) is 50.7 Å². The summed E-state index contributed by atoms with van der Waals surface area (Å²) in [5.41, 5.74) is 3.83. The van der Waals surface area contributed by atoms with Crippen molar-refractivity contribution in [1.82, 2.24) is 9.80 Å². The van der Waals surface area contributed by atoms with Crippen LogP contribution < -0.4 is 4.74 Å². The van der Waals surface area contributed by atoms with Gasteiger partial charge in [-0.1, -0.05) is 72.3 Å². The molecule has 4 atom stereocenters. The predicted molar refractivity (Wildman–Crippen MR) is 183 cm³/mol. The number of carboxylic acid groups (broad SMARTS) is 1. The molecule has 12 nitrogen and oxygen atoms in total. The van der Waals surface area contributed by atoms with Crippen LogP contribution in [0.4, 0.5) is 9.59 Å². The molecule has 0 unspecified atom stereocenters. The Bertz CT molecular complexity index is 1680. The van der Waals surface area contributed by atoms with E-state index >= 15 is 0 Å². The molecule has 3 aromatic rings. The zero-order chi connectivity index (χ0) is 36.2. The van der Waals surface area contributed by atoms with Crippen LogP contribution in [0.2, 0.25) is 5.02 Å². The van der Waals surface area contributed by atoms with Crippen LogP contribution in [-0.4, -0.2) is 101 Å². The van der Waals surface area contributed by atoms with Crippen molar-refractivity contribution in [1.29, 1.82) is 0 Å². The minimum Gasteiger partial charge on any atom is -0.487 e. The second-order valence-corrected chi connectivity index (χ2v) is 13.7. The summed E-state index contributed by atoms with van der Waals surface area (Å²) in [6.45, 7) is 5.55. The first kappa shape index (κ1) is 36.5. The van der Waals surface area contributed by atoms with Gasteiger partial charge in [-0.05, 0) is 55.2 Å². The molecule has 3 aliphatic rings. The summed E-state index contributed by atoms with van der Waals surface area (Å²) in [6, 6.07) is 21.3. The molecule has 2 saturated heterocycles. The molecular formula is C37H41ClN2O10. The lowest BCUT2D eigenvalue weighted by Crippen LogP contribution is -2.43. The number of fused-ring (bicyclic) bond motifs is 3. The van der Waals surface area contributed by atoms with E-state index in [0.717, 1.165) is 22.3 Å². The van der Waals surface area contributed by atoms with Gasteiger partial charge < -0.3 is 29.2 Å². The van der Waals surface area contributed by atoms with Gasteiger partial charge in [0.25, 0.3) is 0 Å². The highest BCUT2D eigenvalue weighted by atomic mass is 35.5. The summed E-state index contributed by atoms with van der Waals surface area (Å²) in [5, 5.41) is 19.6. The second-order valence-electron chi connectivity index (χ2n) is 13.3. The molecule has 2 aliphatic heterocycles. The van der Waals surface area contributed by atoms with Crippen LogP contribution in [0.25, 0.3) is 11.1 Å². The Morgan fingerprint density at radius 2 is 1.40 bits per heavy atom. The van der Waals surface area contributed by atoms with Gasteiger partial charge in [-0.25, -0.2) is 19.2 Å². The monoisotopic (exact) mass is 708 g/mol. The molecule has 2 N–H and O–H groups in total. The first-order valence-corrected chi connectivity index (χ1v) is 16.7. The Hall–Kier alpha value is -4.81. The molecule has 2 heterocycles. The molecule has 0 radical (unpaired) electrons. The molecule has 3 aromatic carbocycles. The number of methoxy groups -OCH3 is 1. The van der Waals surface area contributed by atoms with Crippen molar-refractivity contribution in [2.75, 3.05) is 26.8 Å². The van der Waals surface area contributed by atoms with Crippen molar-refractivity contribution in [2.24, 2.45) is 0 Å². The topological polar surface area (TPSA) is 152 Å². The molecular weight excluding hydrogens is 668 g/mol. The minimum absolute atomic E-state index is 0.0919. The number of amides is 2. The van der Waals surface area contributed by atoms with Gasteiger partial charge in [-0.15, -0.1) is 0 Å². The molecule has 0 spiro atoms. The standard InChI is InChI=1S/C26H22ClNO5.C11H19NO5/c27-22-11-5-6-12-24(22)33-16-13-23(25(29)30)28(14-16)26(31)32-15-21-19-9-3-1-7-17(19)18-8-2-4-10-20(18)21;1-11(2,3)17-10(15)12-6-7(13)5-8(12)9(14)16-4/h1-12,16,21,23H,13-15H2,(H,29,30);7-8,13H,5-6H2,1-4H3/t16-,23+;7-,8-/m10/s1. The zero-order valence-corrected chi connectivity index (χ0v) is 29.0. The molecule has 0 saturated carbocycles. The van der Waals surface area contributed by atoms with Crippen LogP contribution in [-0.2, 0) is 23.8 Å². The number of rotatable bonds is 6. The van der Waals surface area contributed by atoms with E-state index < -0.39 is 54.0 Å². The Labute approximate surface area is 295 Å². The Morgan fingerprint density at radius 3 is 1.98 bits per heavy atom. The number of carbonyl (C=O) groups excluding carboxylic acids is 3. The molecule has 6 rings (SSSR count). The Morgan fingerprint density at radius 1 is 0.820 bits per heavy atom. The number of carbonyl (C=O) groups is 4. The Balaban J connectivity index is 0.000000242. The van der Waals surface area contributed by atoms with E-state index in [1.807, 2.05) is 36.4 Å². The van der Waals surface area contributed by atoms with E-state index in [-0.39, 0.29) is 38.5 Å². The van der Waals surface area contributed by atoms with Gasteiger partial charge in [0.1, 0.15) is 36.1 Å². The lowest BCUT2D eigenvalue weighted by atomic mass is 9.98. The number of benzene rings is 3. The molecule has 0 aromatic heterocycles. The first-order chi connectivity index (χ1) is 23.8. The number of halogens is 1. The van der Waals surface area contributed by atoms with E-state index in [0.29, 0.717) is 10.8 Å². The summed E-state index contributed by atoms with van der Waals surface area (Å²) in [7, 11) is 1.25. The summed E-state index contributed by atoms with van der Waals surface area (Å²) in [5.74, 6) is -1.26. The van der Waals surface area contributed by atoms with Gasteiger partial charge in [0, 0.05) is 18.8 Å². The third-order valence-corrected chi connectivity index (χ3v) is 8.94. The third kappa shape index (κ3) is 8.31. The van der Waals surface area contributed by atoms with Gasteiger partial charge in [-0.2, -0.15) is 0 Å². The highest BCUT2D eigenvalue weighted by Gasteiger charge is 2.43. The SMILES string of the molecule is COC(=O)[C@@H]1C[C@H](O)CN1C(=O)OC(C)(C)C.O=C(O)[C@@H]1C[C@@H](Oc2ccccc2Cl)CN1C(=O)OCC1c2ccccc2-c2ccccc21. The molecule has 2 amide bonds. The highest BCUT2D eigenvalue weighted by molar-refractivity contribution is 6.32. The van der Waals surface area contributed by atoms with Crippen molar-refractivity contribution in [3.63, 3.8) is 0 Å². The average molecular weight is 709 g/mol. The van der Waals surface area contributed by atoms with Crippen LogP contribution >= 0.6 is 11.6 Å². The van der Waals surface area contributed by atoms with Crippen molar-refractivity contribution >= 4 is 35.7 Å². The summed E-state index contributed by atoms with van der Waals surface area (Å²) >= 11 is 6.16. The second kappa shape index (κ2) is 15.4. The fraction of sp³-hybridized carbons (Fsp3) is 0.405.